The molecule has 1 fully saturated rings. The van der Waals surface area contributed by atoms with Gasteiger partial charge in [-0.05, 0) is 55.2 Å². The smallest absolute Gasteiger partial charge is 0.237 e. The molecule has 1 atom stereocenters. The van der Waals surface area contributed by atoms with E-state index in [1.54, 1.807) is 0 Å². The average Bonchev–Trinajstić information content (AvgIpc) is 3.67. The number of amides is 1. The van der Waals surface area contributed by atoms with E-state index in [9.17, 15) is 4.79 Å². The molecule has 3 aromatic carbocycles. The Balaban J connectivity index is 1.19. The van der Waals surface area contributed by atoms with Crippen LogP contribution in [-0.4, -0.2) is 25.9 Å². The van der Waals surface area contributed by atoms with Crippen molar-refractivity contribution in [2.24, 2.45) is 0 Å². The van der Waals surface area contributed by atoms with Crippen molar-refractivity contribution in [2.75, 3.05) is 5.32 Å². The Kier molecular flexibility index (Phi) is 7.14. The van der Waals surface area contributed by atoms with E-state index in [0.717, 1.165) is 40.8 Å². The first kappa shape index (κ1) is 23.2. The van der Waals surface area contributed by atoms with Crippen molar-refractivity contribution in [3.05, 3.63) is 102 Å². The van der Waals surface area contributed by atoms with Gasteiger partial charge in [-0.1, -0.05) is 72.4 Å². The van der Waals surface area contributed by atoms with Gasteiger partial charge in [-0.3, -0.25) is 4.79 Å². The number of hydrogen-bond donors (Lipinski definition) is 1. The molecule has 1 aromatic heterocycles. The Labute approximate surface area is 209 Å². The van der Waals surface area contributed by atoms with Gasteiger partial charge in [0.25, 0.3) is 0 Å². The summed E-state index contributed by atoms with van der Waals surface area (Å²) in [6.45, 7) is 3.11. The second-order valence-electron chi connectivity index (χ2n) is 8.73. The maximum Gasteiger partial charge on any atom is 0.237 e. The molecule has 0 saturated heterocycles. The number of hydrogen-bond acceptors (Lipinski definition) is 5. The van der Waals surface area contributed by atoms with Crippen molar-refractivity contribution in [1.29, 1.82) is 0 Å². The van der Waals surface area contributed by atoms with Crippen molar-refractivity contribution < 1.29 is 9.53 Å². The minimum atomic E-state index is -0.324. The van der Waals surface area contributed by atoms with E-state index in [2.05, 4.69) is 32.2 Å². The monoisotopic (exact) mass is 484 g/mol. The van der Waals surface area contributed by atoms with E-state index in [4.69, 9.17) is 4.74 Å². The zero-order valence-electron chi connectivity index (χ0n) is 19.6. The van der Waals surface area contributed by atoms with Crippen LogP contribution in [0.25, 0.3) is 0 Å². The third kappa shape index (κ3) is 6.11. The van der Waals surface area contributed by atoms with Gasteiger partial charge in [-0.25, -0.2) is 0 Å². The van der Waals surface area contributed by atoms with Gasteiger partial charge in [0.1, 0.15) is 18.2 Å². The van der Waals surface area contributed by atoms with Gasteiger partial charge < -0.3 is 14.6 Å². The summed E-state index contributed by atoms with van der Waals surface area (Å²) in [7, 11) is 0. The SMILES string of the molecule is CC(Sc1nnc(C2CC2)n1Cc1ccccc1)C(=O)Nc1ccc(OCc2ccccc2)cc1. The molecule has 7 heteroatoms. The maximum atomic E-state index is 12.9. The third-order valence-corrected chi connectivity index (χ3v) is 6.97. The van der Waals surface area contributed by atoms with Crippen LogP contribution in [0.15, 0.2) is 90.1 Å². The fourth-order valence-corrected chi connectivity index (χ4v) is 4.63. The van der Waals surface area contributed by atoms with Crippen LogP contribution in [0.2, 0.25) is 0 Å². The number of ether oxygens (including phenoxy) is 1. The number of nitrogens with zero attached hydrogens (tertiary/aromatic N) is 3. The molecule has 1 N–H and O–H groups in total. The summed E-state index contributed by atoms with van der Waals surface area (Å²) in [6, 6.07) is 27.8. The number of rotatable bonds is 10. The van der Waals surface area contributed by atoms with Crippen LogP contribution in [0.5, 0.6) is 5.75 Å². The van der Waals surface area contributed by atoms with Crippen LogP contribution >= 0.6 is 11.8 Å². The van der Waals surface area contributed by atoms with Crippen LogP contribution < -0.4 is 10.1 Å². The zero-order chi connectivity index (χ0) is 24.0. The van der Waals surface area contributed by atoms with Gasteiger partial charge in [-0.15, -0.1) is 10.2 Å². The molecule has 0 spiro atoms. The summed E-state index contributed by atoms with van der Waals surface area (Å²) >= 11 is 1.44. The van der Waals surface area contributed by atoms with Crippen molar-refractivity contribution in [3.8, 4) is 5.75 Å². The van der Waals surface area contributed by atoms with Crippen molar-refractivity contribution >= 4 is 23.4 Å². The largest absolute Gasteiger partial charge is 0.489 e. The molecule has 6 nitrogen and oxygen atoms in total. The van der Waals surface area contributed by atoms with Crippen molar-refractivity contribution in [1.82, 2.24) is 14.8 Å². The third-order valence-electron chi connectivity index (χ3n) is 5.89. The molecule has 35 heavy (non-hydrogen) atoms. The first-order valence-electron chi connectivity index (χ1n) is 11.9. The van der Waals surface area contributed by atoms with E-state index in [-0.39, 0.29) is 11.2 Å². The molecule has 1 heterocycles. The molecule has 1 amide bonds. The molecular weight excluding hydrogens is 456 g/mol. The maximum absolute atomic E-state index is 12.9. The second-order valence-corrected chi connectivity index (χ2v) is 10.0. The van der Waals surface area contributed by atoms with Crippen molar-refractivity contribution in [2.45, 2.75) is 49.2 Å². The summed E-state index contributed by atoms with van der Waals surface area (Å²) in [6.07, 6.45) is 2.30. The summed E-state index contributed by atoms with van der Waals surface area (Å²) in [5, 5.41) is 12.4. The van der Waals surface area contributed by atoms with Gasteiger partial charge in [0.05, 0.1) is 11.8 Å². The van der Waals surface area contributed by atoms with Crippen LogP contribution in [0.1, 0.15) is 42.6 Å². The normalized spacial score (nSPS) is 13.9. The first-order valence-corrected chi connectivity index (χ1v) is 12.7. The number of thioether (sulfide) groups is 1. The Bertz CT molecular complexity index is 1260. The summed E-state index contributed by atoms with van der Waals surface area (Å²) in [5.74, 6) is 2.19. The number of aromatic nitrogens is 3. The number of anilines is 1. The molecule has 4 aromatic rings. The molecule has 178 valence electrons. The standard InChI is InChI=1S/C28H28N4O2S/c1-20(27(33)29-24-14-16-25(17-15-24)34-19-22-10-6-3-7-11-22)35-28-31-30-26(23-12-13-23)32(28)18-21-8-4-2-5-9-21/h2-11,14-17,20,23H,12-13,18-19H2,1H3,(H,29,33). The predicted octanol–water partition coefficient (Wildman–Crippen LogP) is 5.90. The number of carbonyl (C=O) groups is 1. The number of nitrogens with one attached hydrogen (secondary N) is 1. The molecule has 0 bridgehead atoms. The fourth-order valence-electron chi connectivity index (χ4n) is 3.78. The summed E-state index contributed by atoms with van der Waals surface area (Å²) < 4.78 is 8.00. The minimum absolute atomic E-state index is 0.0739. The van der Waals surface area contributed by atoms with Crippen LogP contribution in [0.4, 0.5) is 5.69 Å². The molecule has 1 aliphatic rings. The molecule has 5 rings (SSSR count). The van der Waals surface area contributed by atoms with Crippen molar-refractivity contribution in [3.63, 3.8) is 0 Å². The van der Waals surface area contributed by atoms with Gasteiger partial charge in [0.2, 0.25) is 5.91 Å². The molecule has 1 aliphatic carbocycles. The first-order chi connectivity index (χ1) is 17.2. The lowest BCUT2D eigenvalue weighted by Crippen LogP contribution is -2.23. The zero-order valence-corrected chi connectivity index (χ0v) is 20.4. The molecular formula is C28H28N4O2S. The Morgan fingerprint density at radius 3 is 2.29 bits per heavy atom. The number of carbonyl (C=O) groups excluding carboxylic acids is 1. The van der Waals surface area contributed by atoms with E-state index in [1.165, 1.54) is 17.3 Å². The van der Waals surface area contributed by atoms with Gasteiger partial charge in [-0.2, -0.15) is 0 Å². The molecule has 0 radical (unpaired) electrons. The molecule has 0 aliphatic heterocycles. The quantitative estimate of drug-likeness (QED) is 0.284. The number of benzene rings is 3. The highest BCUT2D eigenvalue weighted by Gasteiger charge is 2.31. The predicted molar refractivity (Wildman–Crippen MR) is 139 cm³/mol. The highest BCUT2D eigenvalue weighted by molar-refractivity contribution is 8.00. The fraction of sp³-hybridized carbons (Fsp3) is 0.250. The topological polar surface area (TPSA) is 69.0 Å². The lowest BCUT2D eigenvalue weighted by Gasteiger charge is -2.14. The average molecular weight is 485 g/mol. The van der Waals surface area contributed by atoms with Crippen LogP contribution in [0, 0.1) is 0 Å². The lowest BCUT2D eigenvalue weighted by atomic mass is 10.2. The van der Waals surface area contributed by atoms with Gasteiger partial charge >= 0.3 is 0 Å². The van der Waals surface area contributed by atoms with Crippen LogP contribution in [-0.2, 0) is 17.9 Å². The summed E-state index contributed by atoms with van der Waals surface area (Å²) in [4.78, 5) is 12.9. The van der Waals surface area contributed by atoms with E-state index < -0.39 is 0 Å². The minimum Gasteiger partial charge on any atom is -0.489 e. The molecule has 1 saturated carbocycles. The van der Waals surface area contributed by atoms with Crippen LogP contribution in [0.3, 0.4) is 0 Å². The highest BCUT2D eigenvalue weighted by atomic mass is 32.2. The van der Waals surface area contributed by atoms with Gasteiger partial charge in [0.15, 0.2) is 5.16 Å². The highest BCUT2D eigenvalue weighted by Crippen LogP contribution is 2.40. The second kappa shape index (κ2) is 10.8. The lowest BCUT2D eigenvalue weighted by molar-refractivity contribution is -0.115. The van der Waals surface area contributed by atoms with E-state index in [1.807, 2.05) is 79.7 Å². The summed E-state index contributed by atoms with van der Waals surface area (Å²) in [5.41, 5.74) is 3.04. The Morgan fingerprint density at radius 2 is 1.63 bits per heavy atom. The Morgan fingerprint density at radius 1 is 0.971 bits per heavy atom. The van der Waals surface area contributed by atoms with E-state index >= 15 is 0 Å². The molecule has 1 unspecified atom stereocenters. The van der Waals surface area contributed by atoms with Gasteiger partial charge in [0, 0.05) is 11.6 Å². The van der Waals surface area contributed by atoms with E-state index in [0.29, 0.717) is 19.1 Å². The Hall–Kier alpha value is -3.58.